The van der Waals surface area contributed by atoms with Gasteiger partial charge in [0.1, 0.15) is 4.88 Å². The average molecular weight is 488 g/mol. The van der Waals surface area contributed by atoms with Gasteiger partial charge in [-0.1, -0.05) is 31.1 Å². The predicted octanol–water partition coefficient (Wildman–Crippen LogP) is 5.53. The molecule has 3 aliphatic rings. The average Bonchev–Trinajstić information content (AvgIpc) is 3.46. The lowest BCUT2D eigenvalue weighted by Gasteiger charge is -2.41. The highest BCUT2D eigenvalue weighted by atomic mass is 32.1. The molecule has 0 unspecified atom stereocenters. The quantitative estimate of drug-likeness (QED) is 0.413. The van der Waals surface area contributed by atoms with E-state index in [1.807, 2.05) is 11.0 Å². The van der Waals surface area contributed by atoms with E-state index in [2.05, 4.69) is 32.6 Å². The minimum Gasteiger partial charge on any atom is -0.465 e. The molecule has 2 heterocycles. The Morgan fingerprint density at radius 1 is 1.09 bits per heavy atom. The molecule has 1 spiro atoms. The standard InChI is InChI=1S/C27H37NO5S/c1-26(2,3)13-12-21-18-22(23(34-21)25(30)31-4)28(24(29)19-8-6-5-7-9-19)20-10-14-27(15-11-20)32-16-17-33-27/h18-20H,5-11,14-17H2,1-4H3. The van der Waals surface area contributed by atoms with Crippen LogP contribution in [0.15, 0.2) is 6.07 Å². The van der Waals surface area contributed by atoms with Crippen LogP contribution in [0.5, 0.6) is 0 Å². The molecule has 1 aliphatic heterocycles. The second-order valence-corrected chi connectivity index (χ2v) is 11.8. The van der Waals surface area contributed by atoms with Crippen molar-refractivity contribution >= 4 is 28.9 Å². The van der Waals surface area contributed by atoms with E-state index in [1.165, 1.54) is 24.9 Å². The van der Waals surface area contributed by atoms with E-state index in [4.69, 9.17) is 14.2 Å². The molecule has 0 aromatic carbocycles. The van der Waals surface area contributed by atoms with Crippen LogP contribution in [0.4, 0.5) is 5.69 Å². The summed E-state index contributed by atoms with van der Waals surface area (Å²) >= 11 is 1.32. The SMILES string of the molecule is COC(=O)c1sc(C#CC(C)(C)C)cc1N(C(=O)C1CCCCC1)C1CCC2(CC1)OCCO2. The van der Waals surface area contributed by atoms with Crippen molar-refractivity contribution in [1.82, 2.24) is 0 Å². The van der Waals surface area contributed by atoms with Gasteiger partial charge in [-0.3, -0.25) is 4.79 Å². The van der Waals surface area contributed by atoms with E-state index in [0.717, 1.165) is 56.2 Å². The van der Waals surface area contributed by atoms with Gasteiger partial charge in [-0.2, -0.15) is 0 Å². The number of methoxy groups -OCH3 is 1. The fourth-order valence-electron chi connectivity index (χ4n) is 5.24. The maximum Gasteiger partial charge on any atom is 0.350 e. The van der Waals surface area contributed by atoms with Gasteiger partial charge >= 0.3 is 5.97 Å². The molecule has 4 rings (SSSR count). The summed E-state index contributed by atoms with van der Waals surface area (Å²) in [5.41, 5.74) is 0.492. The fourth-order valence-corrected chi connectivity index (χ4v) is 6.16. The summed E-state index contributed by atoms with van der Waals surface area (Å²) in [6.07, 6.45) is 8.21. The molecular weight excluding hydrogens is 450 g/mol. The van der Waals surface area contributed by atoms with Crippen molar-refractivity contribution in [3.8, 4) is 11.8 Å². The van der Waals surface area contributed by atoms with E-state index in [0.29, 0.717) is 23.8 Å². The lowest BCUT2D eigenvalue weighted by Crippen LogP contribution is -2.49. The smallest absolute Gasteiger partial charge is 0.350 e. The Kier molecular flexibility index (Phi) is 7.71. The van der Waals surface area contributed by atoms with Crippen LogP contribution in [0.3, 0.4) is 0 Å². The van der Waals surface area contributed by atoms with Crippen molar-refractivity contribution in [2.75, 3.05) is 25.2 Å². The zero-order valence-electron chi connectivity index (χ0n) is 20.9. The number of carbonyl (C=O) groups is 2. The molecule has 1 aromatic heterocycles. The molecule has 1 amide bonds. The van der Waals surface area contributed by atoms with Gasteiger partial charge in [0.2, 0.25) is 5.91 Å². The lowest BCUT2D eigenvalue weighted by molar-refractivity contribution is -0.179. The monoisotopic (exact) mass is 487 g/mol. The Balaban J connectivity index is 1.70. The van der Waals surface area contributed by atoms with Crippen molar-refractivity contribution in [3.05, 3.63) is 15.8 Å². The summed E-state index contributed by atoms with van der Waals surface area (Å²) in [4.78, 5) is 29.9. The van der Waals surface area contributed by atoms with Crippen molar-refractivity contribution in [1.29, 1.82) is 0 Å². The zero-order chi connectivity index (χ0) is 24.3. The molecule has 34 heavy (non-hydrogen) atoms. The number of esters is 1. The number of amides is 1. The molecule has 0 bridgehead atoms. The molecule has 6 nitrogen and oxygen atoms in total. The van der Waals surface area contributed by atoms with Crippen LogP contribution in [0.2, 0.25) is 0 Å². The third kappa shape index (κ3) is 5.67. The predicted molar refractivity (Wildman–Crippen MR) is 133 cm³/mol. The normalized spacial score (nSPS) is 21.2. The van der Waals surface area contributed by atoms with Crippen LogP contribution in [0.1, 0.15) is 93.1 Å². The molecule has 1 saturated heterocycles. The number of hydrogen-bond donors (Lipinski definition) is 0. The van der Waals surface area contributed by atoms with Gasteiger partial charge in [-0.05, 0) is 52.5 Å². The maximum absolute atomic E-state index is 14.0. The van der Waals surface area contributed by atoms with Gasteiger partial charge in [-0.25, -0.2) is 4.79 Å². The molecule has 3 fully saturated rings. The van der Waals surface area contributed by atoms with Crippen molar-refractivity contribution in [2.24, 2.45) is 11.3 Å². The first-order valence-electron chi connectivity index (χ1n) is 12.6. The Bertz CT molecular complexity index is 944. The third-order valence-corrected chi connectivity index (χ3v) is 8.01. The molecular formula is C27H37NO5S. The third-order valence-electron chi connectivity index (χ3n) is 6.99. The Labute approximate surface area is 207 Å². The van der Waals surface area contributed by atoms with Crippen LogP contribution in [-0.2, 0) is 19.0 Å². The molecule has 186 valence electrons. The van der Waals surface area contributed by atoms with Gasteiger partial charge in [-0.15, -0.1) is 11.3 Å². The number of anilines is 1. The largest absolute Gasteiger partial charge is 0.465 e. The van der Waals surface area contributed by atoms with Gasteiger partial charge in [0.25, 0.3) is 0 Å². The van der Waals surface area contributed by atoms with Crippen molar-refractivity contribution in [2.45, 2.75) is 90.4 Å². The number of nitrogens with zero attached hydrogens (tertiary/aromatic N) is 1. The van der Waals surface area contributed by atoms with Gasteiger partial charge in [0, 0.05) is 30.2 Å². The van der Waals surface area contributed by atoms with E-state index in [1.54, 1.807) is 0 Å². The minimum absolute atomic E-state index is 0.00174. The number of ether oxygens (including phenoxy) is 3. The Morgan fingerprint density at radius 3 is 2.32 bits per heavy atom. The molecule has 0 N–H and O–H groups in total. The number of rotatable bonds is 4. The summed E-state index contributed by atoms with van der Waals surface area (Å²) in [5.74, 6) is 5.69. The summed E-state index contributed by atoms with van der Waals surface area (Å²) in [5, 5.41) is 0. The molecule has 1 aromatic rings. The van der Waals surface area contributed by atoms with Gasteiger partial charge in [0.05, 0.1) is 30.9 Å². The molecule has 0 radical (unpaired) electrons. The fraction of sp³-hybridized carbons (Fsp3) is 0.704. The minimum atomic E-state index is -0.501. The van der Waals surface area contributed by atoms with E-state index >= 15 is 0 Å². The summed E-state index contributed by atoms with van der Waals surface area (Å²) < 4.78 is 17.0. The lowest BCUT2D eigenvalue weighted by atomic mass is 9.85. The van der Waals surface area contributed by atoms with Crippen LogP contribution in [0, 0.1) is 23.2 Å². The summed E-state index contributed by atoms with van der Waals surface area (Å²) in [6.45, 7) is 7.42. The highest BCUT2D eigenvalue weighted by molar-refractivity contribution is 7.15. The molecule has 7 heteroatoms. The first kappa shape index (κ1) is 25.2. The topological polar surface area (TPSA) is 65.1 Å². The highest BCUT2D eigenvalue weighted by Crippen LogP contribution is 2.42. The Morgan fingerprint density at radius 2 is 1.74 bits per heavy atom. The summed E-state index contributed by atoms with van der Waals surface area (Å²) in [7, 11) is 1.39. The molecule has 2 aliphatic carbocycles. The molecule has 0 atom stereocenters. The van der Waals surface area contributed by atoms with Crippen LogP contribution < -0.4 is 4.90 Å². The van der Waals surface area contributed by atoms with Gasteiger partial charge in [0.15, 0.2) is 5.79 Å². The number of carbonyl (C=O) groups excluding carboxylic acids is 2. The number of thiophene rings is 1. The van der Waals surface area contributed by atoms with Crippen LogP contribution in [-0.4, -0.2) is 44.0 Å². The van der Waals surface area contributed by atoms with Crippen LogP contribution in [0.25, 0.3) is 0 Å². The first-order valence-corrected chi connectivity index (χ1v) is 13.4. The number of hydrogen-bond acceptors (Lipinski definition) is 6. The first-order chi connectivity index (χ1) is 16.2. The molecule has 2 saturated carbocycles. The van der Waals surface area contributed by atoms with E-state index in [-0.39, 0.29) is 23.3 Å². The second kappa shape index (κ2) is 10.4. The van der Waals surface area contributed by atoms with Crippen molar-refractivity contribution in [3.63, 3.8) is 0 Å². The van der Waals surface area contributed by atoms with E-state index in [9.17, 15) is 9.59 Å². The highest BCUT2D eigenvalue weighted by Gasteiger charge is 2.44. The maximum atomic E-state index is 14.0. The second-order valence-electron chi connectivity index (χ2n) is 10.7. The zero-order valence-corrected chi connectivity index (χ0v) is 21.7. The van der Waals surface area contributed by atoms with E-state index < -0.39 is 11.8 Å². The summed E-state index contributed by atoms with van der Waals surface area (Å²) in [6, 6.07) is 1.91. The van der Waals surface area contributed by atoms with Gasteiger partial charge < -0.3 is 19.1 Å². The van der Waals surface area contributed by atoms with Crippen molar-refractivity contribution < 1.29 is 23.8 Å². The Hall–Kier alpha value is -1.88. The van der Waals surface area contributed by atoms with Crippen LogP contribution >= 0.6 is 11.3 Å².